The molecule has 13 nitrogen and oxygen atoms in total. The average Bonchev–Trinajstić information content (AvgIpc) is 3.48. The molecule has 0 saturated carbocycles. The summed E-state index contributed by atoms with van der Waals surface area (Å²) in [6.45, 7) is 6.94. The summed E-state index contributed by atoms with van der Waals surface area (Å²) >= 11 is 0. The SMILES string of the molecule is CC(C)C(NC(=O)C(N)Cc1cnc[nH]1)C(=O)NC(C(=O)NC(Cc1cnc[nH]1)C(=O)O)C(C)C. The van der Waals surface area contributed by atoms with Gasteiger partial charge in [-0.05, 0) is 11.8 Å². The van der Waals surface area contributed by atoms with E-state index in [1.807, 2.05) is 0 Å². The van der Waals surface area contributed by atoms with Gasteiger partial charge < -0.3 is 36.8 Å². The topological polar surface area (TPSA) is 208 Å². The van der Waals surface area contributed by atoms with Gasteiger partial charge in [0.2, 0.25) is 17.7 Å². The van der Waals surface area contributed by atoms with Crippen molar-refractivity contribution in [2.45, 2.75) is 64.7 Å². The number of carboxylic acid groups (broad SMARTS) is 1. The van der Waals surface area contributed by atoms with Crippen LogP contribution in [0, 0.1) is 11.8 Å². The summed E-state index contributed by atoms with van der Waals surface area (Å²) in [5.41, 5.74) is 7.19. The largest absolute Gasteiger partial charge is 0.480 e. The second kappa shape index (κ2) is 12.6. The summed E-state index contributed by atoms with van der Waals surface area (Å²) in [7, 11) is 0. The molecule has 2 aromatic heterocycles. The first-order valence-corrected chi connectivity index (χ1v) is 11.3. The Hall–Kier alpha value is -3.74. The van der Waals surface area contributed by atoms with Gasteiger partial charge in [-0.2, -0.15) is 0 Å². The first kappa shape index (κ1) is 27.5. The van der Waals surface area contributed by atoms with Gasteiger partial charge in [0.1, 0.15) is 18.1 Å². The smallest absolute Gasteiger partial charge is 0.326 e. The standard InChI is InChI=1S/C22H34N8O5/c1-11(2)17(20(32)28-16(22(34)35)6-14-8-25-10-27-14)30-21(33)18(12(3)4)29-19(31)15(23)5-13-7-24-9-26-13/h7-12,15-18H,5-6,23H2,1-4H3,(H,24,26)(H,25,27)(H,28,32)(H,29,31)(H,30,33)(H,34,35). The van der Waals surface area contributed by atoms with Gasteiger partial charge >= 0.3 is 5.97 Å². The van der Waals surface area contributed by atoms with Gasteiger partial charge in [0, 0.05) is 36.6 Å². The number of aromatic amines is 2. The highest BCUT2D eigenvalue weighted by Crippen LogP contribution is 2.09. The molecule has 13 heteroatoms. The molecule has 2 rings (SSSR count). The lowest BCUT2D eigenvalue weighted by Gasteiger charge is -2.28. The average molecular weight is 491 g/mol. The zero-order valence-electron chi connectivity index (χ0n) is 20.2. The number of carbonyl (C=O) groups is 4. The third-order valence-corrected chi connectivity index (χ3v) is 5.42. The first-order chi connectivity index (χ1) is 16.5. The fourth-order valence-corrected chi connectivity index (χ4v) is 3.38. The molecule has 0 radical (unpaired) electrons. The summed E-state index contributed by atoms with van der Waals surface area (Å²) in [5.74, 6) is -3.63. The minimum Gasteiger partial charge on any atom is -0.480 e. The Balaban J connectivity index is 2.05. The summed E-state index contributed by atoms with van der Waals surface area (Å²) < 4.78 is 0. The summed E-state index contributed by atoms with van der Waals surface area (Å²) in [6, 6.07) is -4.11. The number of carbonyl (C=O) groups excluding carboxylic acids is 3. The molecule has 0 saturated heterocycles. The van der Waals surface area contributed by atoms with Gasteiger partial charge in [0.15, 0.2) is 0 Å². The Morgan fingerprint density at radius 1 is 0.829 bits per heavy atom. The van der Waals surface area contributed by atoms with Gasteiger partial charge in [-0.25, -0.2) is 14.8 Å². The number of nitrogens with zero attached hydrogens (tertiary/aromatic N) is 2. The van der Waals surface area contributed by atoms with Crippen LogP contribution in [-0.4, -0.2) is 72.9 Å². The van der Waals surface area contributed by atoms with Gasteiger partial charge in [0.25, 0.3) is 0 Å². The van der Waals surface area contributed by atoms with Crippen LogP contribution in [0.15, 0.2) is 25.0 Å². The lowest BCUT2D eigenvalue weighted by Crippen LogP contribution is -2.59. The number of rotatable bonds is 13. The summed E-state index contributed by atoms with van der Waals surface area (Å²) in [4.78, 5) is 63.7. The van der Waals surface area contributed by atoms with Crippen molar-refractivity contribution in [1.82, 2.24) is 35.9 Å². The van der Waals surface area contributed by atoms with Crippen molar-refractivity contribution >= 4 is 23.7 Å². The Kier molecular flexibility index (Phi) is 9.94. The number of nitrogens with two attached hydrogens (primary N) is 1. The maximum atomic E-state index is 13.1. The lowest BCUT2D eigenvalue weighted by molar-refractivity contribution is -0.142. The number of aromatic nitrogens is 4. The molecule has 0 bridgehead atoms. The molecule has 8 N–H and O–H groups in total. The zero-order chi connectivity index (χ0) is 26.1. The van der Waals surface area contributed by atoms with Crippen LogP contribution in [0.4, 0.5) is 0 Å². The molecular weight excluding hydrogens is 456 g/mol. The van der Waals surface area contributed by atoms with Gasteiger partial charge in [-0.3, -0.25) is 14.4 Å². The number of imidazole rings is 2. The van der Waals surface area contributed by atoms with Crippen molar-refractivity contribution in [3.63, 3.8) is 0 Å². The monoisotopic (exact) mass is 490 g/mol. The zero-order valence-corrected chi connectivity index (χ0v) is 20.2. The van der Waals surface area contributed by atoms with E-state index in [1.54, 1.807) is 33.9 Å². The number of carboxylic acids is 1. The highest BCUT2D eigenvalue weighted by atomic mass is 16.4. The van der Waals surface area contributed by atoms with Crippen molar-refractivity contribution < 1.29 is 24.3 Å². The molecule has 35 heavy (non-hydrogen) atoms. The number of hydrogen-bond acceptors (Lipinski definition) is 7. The number of hydrogen-bond donors (Lipinski definition) is 7. The molecule has 0 aliphatic rings. The van der Waals surface area contributed by atoms with E-state index in [0.717, 1.165) is 0 Å². The predicted octanol–water partition coefficient (Wildman–Crippen LogP) is -0.904. The maximum absolute atomic E-state index is 13.1. The van der Waals surface area contributed by atoms with E-state index in [9.17, 15) is 24.3 Å². The van der Waals surface area contributed by atoms with E-state index >= 15 is 0 Å². The van der Waals surface area contributed by atoms with Crippen LogP contribution in [0.25, 0.3) is 0 Å². The normalized spacial score (nSPS) is 14.7. The molecule has 3 amide bonds. The van der Waals surface area contributed by atoms with Crippen LogP contribution in [0.1, 0.15) is 39.1 Å². The van der Waals surface area contributed by atoms with E-state index in [4.69, 9.17) is 5.73 Å². The second-order valence-electron chi connectivity index (χ2n) is 9.03. The van der Waals surface area contributed by atoms with Crippen LogP contribution < -0.4 is 21.7 Å². The van der Waals surface area contributed by atoms with Crippen molar-refractivity contribution in [3.05, 3.63) is 36.4 Å². The Bertz CT molecular complexity index is 974. The Morgan fingerprint density at radius 3 is 1.71 bits per heavy atom. The molecule has 0 fully saturated rings. The maximum Gasteiger partial charge on any atom is 0.326 e. The summed E-state index contributed by atoms with van der Waals surface area (Å²) in [6.07, 6.45) is 6.12. The van der Waals surface area contributed by atoms with Crippen LogP contribution in [0.3, 0.4) is 0 Å². The fourth-order valence-electron chi connectivity index (χ4n) is 3.38. The Labute approximate surface area is 203 Å². The molecule has 0 aliphatic heterocycles. The molecule has 2 heterocycles. The molecule has 0 spiro atoms. The molecule has 0 aliphatic carbocycles. The molecule has 192 valence electrons. The lowest BCUT2D eigenvalue weighted by atomic mass is 9.98. The molecule has 0 aromatic carbocycles. The van der Waals surface area contributed by atoms with Crippen LogP contribution in [0.2, 0.25) is 0 Å². The van der Waals surface area contributed by atoms with Gasteiger partial charge in [-0.1, -0.05) is 27.7 Å². The highest BCUT2D eigenvalue weighted by Gasteiger charge is 2.33. The molecule has 4 unspecified atom stereocenters. The minimum absolute atomic E-state index is 0.00126. The van der Waals surface area contributed by atoms with E-state index in [0.29, 0.717) is 11.4 Å². The van der Waals surface area contributed by atoms with Crippen molar-refractivity contribution in [2.75, 3.05) is 0 Å². The van der Waals surface area contributed by atoms with Crippen molar-refractivity contribution in [3.8, 4) is 0 Å². The summed E-state index contributed by atoms with van der Waals surface area (Å²) in [5, 5.41) is 17.3. The van der Waals surface area contributed by atoms with Crippen LogP contribution in [0.5, 0.6) is 0 Å². The van der Waals surface area contributed by atoms with E-state index in [-0.39, 0.29) is 24.7 Å². The van der Waals surface area contributed by atoms with Crippen LogP contribution in [-0.2, 0) is 32.0 Å². The second-order valence-corrected chi connectivity index (χ2v) is 9.03. The minimum atomic E-state index is -1.22. The highest BCUT2D eigenvalue weighted by molar-refractivity contribution is 5.94. The van der Waals surface area contributed by atoms with E-state index in [1.165, 1.54) is 18.9 Å². The third-order valence-electron chi connectivity index (χ3n) is 5.42. The van der Waals surface area contributed by atoms with Crippen molar-refractivity contribution in [2.24, 2.45) is 17.6 Å². The molecule has 4 atom stereocenters. The quantitative estimate of drug-likeness (QED) is 0.187. The van der Waals surface area contributed by atoms with Gasteiger partial charge in [-0.15, -0.1) is 0 Å². The number of H-pyrrole nitrogens is 2. The van der Waals surface area contributed by atoms with Gasteiger partial charge in [0.05, 0.1) is 18.7 Å². The number of aliphatic carboxylic acids is 1. The molecular formula is C22H34N8O5. The van der Waals surface area contributed by atoms with Crippen LogP contribution >= 0.6 is 0 Å². The molecule has 2 aromatic rings. The first-order valence-electron chi connectivity index (χ1n) is 11.3. The Morgan fingerprint density at radius 2 is 1.29 bits per heavy atom. The van der Waals surface area contributed by atoms with Crippen molar-refractivity contribution in [1.29, 1.82) is 0 Å². The number of nitrogens with one attached hydrogen (secondary N) is 5. The third kappa shape index (κ3) is 8.21. The van der Waals surface area contributed by atoms with E-state index in [2.05, 4.69) is 35.9 Å². The predicted molar refractivity (Wildman–Crippen MR) is 126 cm³/mol. The van der Waals surface area contributed by atoms with E-state index < -0.39 is 47.9 Å². The number of amides is 3. The fraction of sp³-hybridized carbons (Fsp3) is 0.545.